The van der Waals surface area contributed by atoms with Crippen LogP contribution in [0, 0.1) is 13.8 Å². The summed E-state index contributed by atoms with van der Waals surface area (Å²) in [6, 6.07) is 4.23. The standard InChI is InChI=1S/C12H13ClN4O3S/c1-7-8(2)15-16-12(14-7)17-21(19,20)11-5-9(6-18)3-4-10(11)13/h3-5,18H,6H2,1-2H3,(H,14,16,17). The lowest BCUT2D eigenvalue weighted by Gasteiger charge is -2.09. The highest BCUT2D eigenvalue weighted by Crippen LogP contribution is 2.24. The maximum atomic E-state index is 12.3. The van der Waals surface area contributed by atoms with Gasteiger partial charge < -0.3 is 5.11 Å². The molecule has 1 aromatic carbocycles. The van der Waals surface area contributed by atoms with E-state index in [4.69, 9.17) is 16.7 Å². The van der Waals surface area contributed by atoms with Crippen LogP contribution in [0.2, 0.25) is 5.02 Å². The van der Waals surface area contributed by atoms with Gasteiger partial charge in [0, 0.05) is 0 Å². The summed E-state index contributed by atoms with van der Waals surface area (Å²) in [5.41, 5.74) is 1.61. The van der Waals surface area contributed by atoms with Crippen LogP contribution in [0.3, 0.4) is 0 Å². The van der Waals surface area contributed by atoms with Crippen LogP contribution in [0.4, 0.5) is 5.95 Å². The predicted molar refractivity (Wildman–Crippen MR) is 77.5 cm³/mol. The lowest BCUT2D eigenvalue weighted by molar-refractivity contribution is 0.281. The first-order chi connectivity index (χ1) is 9.83. The molecule has 7 nitrogen and oxygen atoms in total. The van der Waals surface area contributed by atoms with E-state index in [1.807, 2.05) is 0 Å². The minimum atomic E-state index is -3.96. The Morgan fingerprint density at radius 3 is 2.57 bits per heavy atom. The zero-order valence-electron chi connectivity index (χ0n) is 11.3. The SMILES string of the molecule is Cc1nnc(NS(=O)(=O)c2cc(CO)ccc2Cl)nc1C. The van der Waals surface area contributed by atoms with Crippen molar-refractivity contribution in [2.75, 3.05) is 4.72 Å². The molecule has 21 heavy (non-hydrogen) atoms. The lowest BCUT2D eigenvalue weighted by Crippen LogP contribution is -2.17. The Morgan fingerprint density at radius 1 is 1.24 bits per heavy atom. The molecule has 0 saturated carbocycles. The Labute approximate surface area is 127 Å². The number of rotatable bonds is 4. The zero-order chi connectivity index (χ0) is 15.6. The number of sulfonamides is 1. The summed E-state index contributed by atoms with van der Waals surface area (Å²) >= 11 is 5.90. The topological polar surface area (TPSA) is 105 Å². The molecule has 0 saturated heterocycles. The van der Waals surface area contributed by atoms with Gasteiger partial charge in [-0.2, -0.15) is 5.10 Å². The zero-order valence-corrected chi connectivity index (χ0v) is 12.9. The fraction of sp³-hybridized carbons (Fsp3) is 0.250. The summed E-state index contributed by atoms with van der Waals surface area (Å²) in [7, 11) is -3.96. The van der Waals surface area contributed by atoms with Gasteiger partial charge in [-0.05, 0) is 31.5 Å². The van der Waals surface area contributed by atoms with Gasteiger partial charge in [0.15, 0.2) is 0 Å². The molecule has 0 spiro atoms. The summed E-state index contributed by atoms with van der Waals surface area (Å²) in [5, 5.41) is 16.6. The van der Waals surface area contributed by atoms with Crippen molar-refractivity contribution in [2.24, 2.45) is 0 Å². The predicted octanol–water partition coefficient (Wildman–Crippen LogP) is 1.43. The van der Waals surface area contributed by atoms with Crippen molar-refractivity contribution in [3.8, 4) is 0 Å². The van der Waals surface area contributed by atoms with Gasteiger partial charge in [-0.3, -0.25) is 0 Å². The van der Waals surface area contributed by atoms with E-state index in [0.717, 1.165) is 0 Å². The van der Waals surface area contributed by atoms with Crippen molar-refractivity contribution in [3.63, 3.8) is 0 Å². The third kappa shape index (κ3) is 3.46. The quantitative estimate of drug-likeness (QED) is 0.879. The summed E-state index contributed by atoms with van der Waals surface area (Å²) in [5.74, 6) is -0.136. The number of aliphatic hydroxyl groups excluding tert-OH is 1. The number of aryl methyl sites for hydroxylation is 2. The van der Waals surface area contributed by atoms with Crippen LogP contribution in [-0.4, -0.2) is 28.7 Å². The smallest absolute Gasteiger partial charge is 0.265 e. The van der Waals surface area contributed by atoms with Crippen molar-refractivity contribution in [1.29, 1.82) is 0 Å². The molecule has 2 aromatic rings. The second-order valence-corrected chi connectivity index (χ2v) is 6.39. The Morgan fingerprint density at radius 2 is 1.95 bits per heavy atom. The molecule has 0 radical (unpaired) electrons. The summed E-state index contributed by atoms with van der Waals surface area (Å²) in [6.45, 7) is 3.12. The first kappa shape index (κ1) is 15.6. The second-order valence-electron chi connectivity index (χ2n) is 4.33. The number of anilines is 1. The monoisotopic (exact) mass is 328 g/mol. The van der Waals surface area contributed by atoms with Crippen LogP contribution in [0.15, 0.2) is 23.1 Å². The summed E-state index contributed by atoms with van der Waals surface area (Å²) in [6.07, 6.45) is 0. The van der Waals surface area contributed by atoms with Crippen molar-refractivity contribution in [2.45, 2.75) is 25.3 Å². The molecular formula is C12H13ClN4O3S. The minimum Gasteiger partial charge on any atom is -0.392 e. The molecule has 0 fully saturated rings. The van der Waals surface area contributed by atoms with Gasteiger partial charge in [0.1, 0.15) is 4.90 Å². The van der Waals surface area contributed by atoms with Gasteiger partial charge in [-0.15, -0.1) is 5.10 Å². The van der Waals surface area contributed by atoms with E-state index in [9.17, 15) is 8.42 Å². The van der Waals surface area contributed by atoms with Crippen molar-refractivity contribution < 1.29 is 13.5 Å². The fourth-order valence-corrected chi connectivity index (χ4v) is 3.02. The lowest BCUT2D eigenvalue weighted by atomic mass is 10.2. The van der Waals surface area contributed by atoms with Crippen LogP contribution < -0.4 is 4.72 Å². The molecule has 0 unspecified atom stereocenters. The van der Waals surface area contributed by atoms with Gasteiger partial charge in [0.05, 0.1) is 23.0 Å². The number of halogens is 1. The third-order valence-electron chi connectivity index (χ3n) is 2.79. The van der Waals surface area contributed by atoms with E-state index in [2.05, 4.69) is 19.9 Å². The molecular weight excluding hydrogens is 316 g/mol. The summed E-state index contributed by atoms with van der Waals surface area (Å²) < 4.78 is 26.8. The van der Waals surface area contributed by atoms with Crippen LogP contribution in [-0.2, 0) is 16.6 Å². The average Bonchev–Trinajstić information content (AvgIpc) is 2.43. The molecule has 0 atom stereocenters. The summed E-state index contributed by atoms with van der Waals surface area (Å²) in [4.78, 5) is 3.84. The maximum absolute atomic E-state index is 12.3. The minimum absolute atomic E-state index is 0.0384. The molecule has 112 valence electrons. The molecule has 9 heteroatoms. The third-order valence-corrected chi connectivity index (χ3v) is 4.60. The van der Waals surface area contributed by atoms with E-state index >= 15 is 0 Å². The normalized spacial score (nSPS) is 11.4. The van der Waals surface area contributed by atoms with Crippen LogP contribution in [0.1, 0.15) is 17.0 Å². The van der Waals surface area contributed by atoms with Crippen LogP contribution >= 0.6 is 11.6 Å². The van der Waals surface area contributed by atoms with E-state index in [0.29, 0.717) is 17.0 Å². The Kier molecular flexibility index (Phi) is 4.40. The van der Waals surface area contributed by atoms with E-state index in [1.54, 1.807) is 13.8 Å². The Balaban J connectivity index is 2.40. The molecule has 2 rings (SSSR count). The molecule has 1 aromatic heterocycles. The van der Waals surface area contributed by atoms with Gasteiger partial charge in [-0.1, -0.05) is 17.7 Å². The van der Waals surface area contributed by atoms with E-state index in [1.165, 1.54) is 18.2 Å². The highest BCUT2D eigenvalue weighted by atomic mass is 35.5. The fourth-order valence-electron chi connectivity index (χ4n) is 1.53. The molecule has 2 N–H and O–H groups in total. The van der Waals surface area contributed by atoms with Crippen LogP contribution in [0.5, 0.6) is 0 Å². The number of hydrogen-bond donors (Lipinski definition) is 2. The number of nitrogens with zero attached hydrogens (tertiary/aromatic N) is 3. The average molecular weight is 329 g/mol. The first-order valence-corrected chi connectivity index (χ1v) is 7.79. The number of aliphatic hydroxyl groups is 1. The molecule has 1 heterocycles. The highest BCUT2D eigenvalue weighted by molar-refractivity contribution is 7.92. The van der Waals surface area contributed by atoms with Gasteiger partial charge in [0.2, 0.25) is 0 Å². The van der Waals surface area contributed by atoms with E-state index in [-0.39, 0.29) is 22.5 Å². The number of hydrogen-bond acceptors (Lipinski definition) is 6. The van der Waals surface area contributed by atoms with Crippen molar-refractivity contribution in [3.05, 3.63) is 40.2 Å². The van der Waals surface area contributed by atoms with Gasteiger partial charge in [-0.25, -0.2) is 18.1 Å². The number of nitrogens with one attached hydrogen (secondary N) is 1. The maximum Gasteiger partial charge on any atom is 0.265 e. The second kappa shape index (κ2) is 5.92. The van der Waals surface area contributed by atoms with E-state index < -0.39 is 10.0 Å². The number of aromatic nitrogens is 3. The molecule has 0 aliphatic rings. The molecule has 0 aliphatic carbocycles. The van der Waals surface area contributed by atoms with Crippen molar-refractivity contribution >= 4 is 27.6 Å². The number of benzene rings is 1. The molecule has 0 bridgehead atoms. The molecule has 0 amide bonds. The Hall–Kier alpha value is -1.77. The van der Waals surface area contributed by atoms with Crippen LogP contribution in [0.25, 0.3) is 0 Å². The van der Waals surface area contributed by atoms with Crippen molar-refractivity contribution in [1.82, 2.24) is 15.2 Å². The molecule has 0 aliphatic heterocycles. The highest BCUT2D eigenvalue weighted by Gasteiger charge is 2.20. The largest absolute Gasteiger partial charge is 0.392 e. The van der Waals surface area contributed by atoms with Gasteiger partial charge >= 0.3 is 0 Å². The Bertz CT molecular complexity index is 780. The van der Waals surface area contributed by atoms with Gasteiger partial charge in [0.25, 0.3) is 16.0 Å². The first-order valence-electron chi connectivity index (χ1n) is 5.93.